The number of fused-ring (bicyclic) bond motifs is 1. The average molecular weight is 246 g/mol. The van der Waals surface area contributed by atoms with Crippen molar-refractivity contribution in [1.29, 1.82) is 0 Å². The van der Waals surface area contributed by atoms with Crippen LogP contribution in [0, 0.1) is 12.8 Å². The van der Waals surface area contributed by atoms with E-state index >= 15 is 0 Å². The van der Waals surface area contributed by atoms with Crippen LogP contribution in [0.5, 0.6) is 5.75 Å². The van der Waals surface area contributed by atoms with Gasteiger partial charge in [-0.15, -0.1) is 0 Å². The Labute approximate surface area is 109 Å². The van der Waals surface area contributed by atoms with Crippen molar-refractivity contribution in [2.75, 3.05) is 13.7 Å². The predicted octanol–water partition coefficient (Wildman–Crippen LogP) is 3.23. The molecule has 0 unspecified atom stereocenters. The first-order valence-corrected chi connectivity index (χ1v) is 6.47. The van der Waals surface area contributed by atoms with E-state index in [0.29, 0.717) is 5.92 Å². The first-order chi connectivity index (χ1) is 8.61. The third kappa shape index (κ3) is 2.67. The van der Waals surface area contributed by atoms with Crippen LogP contribution in [0.4, 0.5) is 0 Å². The van der Waals surface area contributed by atoms with Crippen LogP contribution in [0.25, 0.3) is 10.9 Å². The van der Waals surface area contributed by atoms with Gasteiger partial charge in [-0.2, -0.15) is 0 Å². The molecule has 98 valence electrons. The Morgan fingerprint density at radius 1 is 1.33 bits per heavy atom. The lowest BCUT2D eigenvalue weighted by Crippen LogP contribution is -2.19. The monoisotopic (exact) mass is 246 g/mol. The van der Waals surface area contributed by atoms with Crippen LogP contribution in [0.1, 0.15) is 25.1 Å². The van der Waals surface area contributed by atoms with Gasteiger partial charge in [0, 0.05) is 23.1 Å². The van der Waals surface area contributed by atoms with Crippen molar-refractivity contribution in [2.24, 2.45) is 5.92 Å². The van der Waals surface area contributed by atoms with E-state index in [0.717, 1.165) is 18.8 Å². The Balaban J connectivity index is 2.27. The molecule has 0 aliphatic heterocycles. The zero-order chi connectivity index (χ0) is 13.1. The number of nitrogens with one attached hydrogen (secondary N) is 2. The van der Waals surface area contributed by atoms with E-state index in [-0.39, 0.29) is 0 Å². The fourth-order valence-corrected chi connectivity index (χ4v) is 2.20. The molecule has 0 amide bonds. The van der Waals surface area contributed by atoms with Gasteiger partial charge < -0.3 is 15.0 Å². The van der Waals surface area contributed by atoms with E-state index in [2.05, 4.69) is 43.2 Å². The summed E-state index contributed by atoms with van der Waals surface area (Å²) in [6, 6.07) is 6.17. The van der Waals surface area contributed by atoms with Gasteiger partial charge in [0.15, 0.2) is 0 Å². The summed E-state index contributed by atoms with van der Waals surface area (Å²) in [5.41, 5.74) is 3.74. The topological polar surface area (TPSA) is 37.0 Å². The Morgan fingerprint density at radius 3 is 2.78 bits per heavy atom. The molecule has 1 heterocycles. The summed E-state index contributed by atoms with van der Waals surface area (Å²) in [7, 11) is 1.71. The zero-order valence-corrected chi connectivity index (χ0v) is 11.6. The highest BCUT2D eigenvalue weighted by atomic mass is 16.5. The third-order valence-corrected chi connectivity index (χ3v) is 3.18. The summed E-state index contributed by atoms with van der Waals surface area (Å²) in [5, 5.41) is 4.75. The number of hydrogen-bond donors (Lipinski definition) is 2. The molecule has 0 saturated heterocycles. The third-order valence-electron chi connectivity index (χ3n) is 3.18. The first-order valence-electron chi connectivity index (χ1n) is 6.47. The van der Waals surface area contributed by atoms with Crippen molar-refractivity contribution in [1.82, 2.24) is 10.3 Å². The molecule has 0 radical (unpaired) electrons. The van der Waals surface area contributed by atoms with Crippen molar-refractivity contribution in [3.05, 3.63) is 29.5 Å². The molecule has 0 bridgehead atoms. The van der Waals surface area contributed by atoms with E-state index in [9.17, 15) is 0 Å². The number of hydrogen-bond acceptors (Lipinski definition) is 2. The van der Waals surface area contributed by atoms with E-state index in [4.69, 9.17) is 4.74 Å². The van der Waals surface area contributed by atoms with E-state index in [1.807, 2.05) is 6.07 Å². The number of aromatic amines is 1. The second kappa shape index (κ2) is 5.44. The molecule has 0 aliphatic carbocycles. The zero-order valence-electron chi connectivity index (χ0n) is 11.6. The van der Waals surface area contributed by atoms with Crippen LogP contribution in [0.15, 0.2) is 18.2 Å². The Hall–Kier alpha value is -1.48. The maximum absolute atomic E-state index is 5.29. The summed E-state index contributed by atoms with van der Waals surface area (Å²) in [5.74, 6) is 1.58. The second-order valence-electron chi connectivity index (χ2n) is 5.16. The standard InChI is InChI=1S/C15H22N2O/c1-10(2)8-16-9-14-11(3)17-15-6-5-12(18-4)7-13(14)15/h5-7,10,16-17H,8-9H2,1-4H3. The molecule has 3 nitrogen and oxygen atoms in total. The predicted molar refractivity (Wildman–Crippen MR) is 76.1 cm³/mol. The summed E-state index contributed by atoms with van der Waals surface area (Å²) in [4.78, 5) is 3.42. The van der Waals surface area contributed by atoms with Gasteiger partial charge in [-0.05, 0) is 43.1 Å². The number of benzene rings is 1. The van der Waals surface area contributed by atoms with E-state index in [1.165, 1.54) is 22.2 Å². The smallest absolute Gasteiger partial charge is 0.119 e. The Bertz CT molecular complexity index is 529. The largest absolute Gasteiger partial charge is 0.497 e. The molecule has 2 rings (SSSR count). The van der Waals surface area contributed by atoms with Crippen molar-refractivity contribution in [3.8, 4) is 5.75 Å². The SMILES string of the molecule is COc1ccc2[nH]c(C)c(CNCC(C)C)c2c1. The van der Waals surface area contributed by atoms with Gasteiger partial charge in [-0.25, -0.2) is 0 Å². The van der Waals surface area contributed by atoms with Gasteiger partial charge in [0.2, 0.25) is 0 Å². The molecule has 2 aromatic rings. The maximum Gasteiger partial charge on any atom is 0.119 e. The number of aromatic nitrogens is 1. The summed E-state index contributed by atoms with van der Waals surface area (Å²) < 4.78 is 5.29. The highest BCUT2D eigenvalue weighted by Crippen LogP contribution is 2.26. The van der Waals surface area contributed by atoms with Gasteiger partial charge in [0.1, 0.15) is 5.75 Å². The van der Waals surface area contributed by atoms with Crippen molar-refractivity contribution >= 4 is 10.9 Å². The summed E-state index contributed by atoms with van der Waals surface area (Å²) in [6.45, 7) is 8.50. The number of H-pyrrole nitrogens is 1. The fourth-order valence-electron chi connectivity index (χ4n) is 2.20. The molecule has 1 aromatic heterocycles. The quantitative estimate of drug-likeness (QED) is 0.850. The van der Waals surface area contributed by atoms with E-state index in [1.54, 1.807) is 7.11 Å². The second-order valence-corrected chi connectivity index (χ2v) is 5.16. The van der Waals surface area contributed by atoms with Crippen LogP contribution in [0.2, 0.25) is 0 Å². The highest BCUT2D eigenvalue weighted by molar-refractivity contribution is 5.86. The van der Waals surface area contributed by atoms with Crippen LogP contribution in [-0.4, -0.2) is 18.6 Å². The van der Waals surface area contributed by atoms with Crippen LogP contribution < -0.4 is 10.1 Å². The van der Waals surface area contributed by atoms with E-state index < -0.39 is 0 Å². The lowest BCUT2D eigenvalue weighted by Gasteiger charge is -2.08. The minimum Gasteiger partial charge on any atom is -0.497 e. The Morgan fingerprint density at radius 2 is 2.11 bits per heavy atom. The van der Waals surface area contributed by atoms with Crippen molar-refractivity contribution in [2.45, 2.75) is 27.3 Å². The number of methoxy groups -OCH3 is 1. The van der Waals surface area contributed by atoms with Crippen LogP contribution >= 0.6 is 0 Å². The Kier molecular flexibility index (Phi) is 3.92. The molecule has 1 aromatic carbocycles. The molecule has 18 heavy (non-hydrogen) atoms. The van der Waals surface area contributed by atoms with Crippen LogP contribution in [0.3, 0.4) is 0 Å². The number of rotatable bonds is 5. The van der Waals surface area contributed by atoms with Crippen molar-refractivity contribution < 1.29 is 4.74 Å². The molecule has 0 aliphatic rings. The highest BCUT2D eigenvalue weighted by Gasteiger charge is 2.09. The average Bonchev–Trinajstić information content (AvgIpc) is 2.64. The molecule has 0 saturated carbocycles. The molecule has 2 N–H and O–H groups in total. The number of ether oxygens (including phenoxy) is 1. The maximum atomic E-state index is 5.29. The van der Waals surface area contributed by atoms with Crippen LogP contribution in [-0.2, 0) is 6.54 Å². The van der Waals surface area contributed by atoms with Crippen molar-refractivity contribution in [3.63, 3.8) is 0 Å². The minimum absolute atomic E-state index is 0.671. The molecular formula is C15H22N2O. The lowest BCUT2D eigenvalue weighted by molar-refractivity contribution is 0.415. The van der Waals surface area contributed by atoms with Gasteiger partial charge in [0.05, 0.1) is 7.11 Å². The molecule has 0 spiro atoms. The van der Waals surface area contributed by atoms with Gasteiger partial charge >= 0.3 is 0 Å². The summed E-state index contributed by atoms with van der Waals surface area (Å²) in [6.07, 6.45) is 0. The van der Waals surface area contributed by atoms with Gasteiger partial charge in [-0.1, -0.05) is 13.8 Å². The minimum atomic E-state index is 0.671. The first kappa shape index (κ1) is 13.0. The molecule has 0 atom stereocenters. The molecule has 3 heteroatoms. The van der Waals surface area contributed by atoms with Gasteiger partial charge in [-0.3, -0.25) is 0 Å². The molecular weight excluding hydrogens is 224 g/mol. The fraction of sp³-hybridized carbons (Fsp3) is 0.467. The summed E-state index contributed by atoms with van der Waals surface area (Å²) >= 11 is 0. The molecule has 0 fully saturated rings. The normalized spacial score (nSPS) is 11.4. The number of aryl methyl sites for hydroxylation is 1. The van der Waals surface area contributed by atoms with Gasteiger partial charge in [0.25, 0.3) is 0 Å². The lowest BCUT2D eigenvalue weighted by atomic mass is 10.1.